The van der Waals surface area contributed by atoms with E-state index in [2.05, 4.69) is 32.8 Å². The lowest BCUT2D eigenvalue weighted by atomic mass is 10.3. The molecule has 6 heteroatoms. The molecule has 17 heavy (non-hydrogen) atoms. The van der Waals surface area contributed by atoms with E-state index in [9.17, 15) is 8.78 Å². The van der Waals surface area contributed by atoms with E-state index in [0.29, 0.717) is 11.4 Å². The second-order valence-corrected chi connectivity index (χ2v) is 4.39. The van der Waals surface area contributed by atoms with Crippen LogP contribution in [0.3, 0.4) is 0 Å². The van der Waals surface area contributed by atoms with E-state index in [1.54, 1.807) is 10.6 Å². The molecule has 0 saturated heterocycles. The monoisotopic (exact) mass is 301 g/mol. The van der Waals surface area contributed by atoms with Crippen LogP contribution in [0.4, 0.5) is 8.78 Å². The molecule has 2 aromatic heterocycles. The highest BCUT2D eigenvalue weighted by Gasteiger charge is 2.08. The number of pyridine rings is 1. The fraction of sp³-hybridized carbons (Fsp3) is 0.182. The maximum atomic E-state index is 12.1. The van der Waals surface area contributed by atoms with Crippen LogP contribution in [0.5, 0.6) is 0 Å². The molecule has 1 N–H and O–H groups in total. The molecule has 0 aliphatic rings. The summed E-state index contributed by atoms with van der Waals surface area (Å²) in [7, 11) is 0. The molecule has 2 heterocycles. The Morgan fingerprint density at radius 3 is 3.00 bits per heavy atom. The smallest absolute Gasteiger partial charge is 0.255 e. The van der Waals surface area contributed by atoms with Crippen molar-refractivity contribution in [2.45, 2.75) is 6.43 Å². The first-order valence-corrected chi connectivity index (χ1v) is 5.71. The van der Waals surface area contributed by atoms with Crippen molar-refractivity contribution < 1.29 is 8.78 Å². The highest BCUT2D eigenvalue weighted by atomic mass is 79.9. The molecule has 0 aliphatic carbocycles. The predicted molar refractivity (Wildman–Crippen MR) is 65.9 cm³/mol. The third kappa shape index (κ3) is 2.63. The van der Waals surface area contributed by atoms with Gasteiger partial charge in [0.25, 0.3) is 6.43 Å². The van der Waals surface area contributed by atoms with Crippen LogP contribution >= 0.6 is 15.9 Å². The molecule has 0 spiro atoms. The second-order valence-electron chi connectivity index (χ2n) is 3.47. The first-order valence-electron chi connectivity index (χ1n) is 4.92. The van der Waals surface area contributed by atoms with Crippen molar-refractivity contribution in [2.24, 2.45) is 0 Å². The molecule has 90 valence electrons. The number of fused-ring (bicyclic) bond motifs is 1. The summed E-state index contributed by atoms with van der Waals surface area (Å²) in [5.41, 5.74) is 1.83. The zero-order valence-corrected chi connectivity index (χ0v) is 10.4. The lowest BCUT2D eigenvalue weighted by Gasteiger charge is -2.08. The van der Waals surface area contributed by atoms with E-state index in [1.807, 2.05) is 18.3 Å². The van der Waals surface area contributed by atoms with Gasteiger partial charge < -0.3 is 5.32 Å². The van der Waals surface area contributed by atoms with Gasteiger partial charge >= 0.3 is 0 Å². The van der Waals surface area contributed by atoms with Gasteiger partial charge in [0, 0.05) is 10.7 Å². The van der Waals surface area contributed by atoms with Crippen LogP contribution in [-0.2, 0) is 0 Å². The number of aromatic nitrogens is 2. The largest absolute Gasteiger partial charge is 0.378 e. The standard InChI is InChI=1S/C11H10BrF2N3/c1-7(15-5-10(13)14)9-4-16-11-3-2-8(12)6-17(9)11/h2-4,6,10,15H,1,5H2. The highest BCUT2D eigenvalue weighted by Crippen LogP contribution is 2.17. The average molecular weight is 302 g/mol. The van der Waals surface area contributed by atoms with Gasteiger partial charge in [-0.25, -0.2) is 13.8 Å². The Bertz CT molecular complexity index is 551. The number of imidazole rings is 1. The Morgan fingerprint density at radius 2 is 2.29 bits per heavy atom. The average Bonchev–Trinajstić information content (AvgIpc) is 2.68. The van der Waals surface area contributed by atoms with E-state index < -0.39 is 13.0 Å². The number of hydrogen-bond donors (Lipinski definition) is 1. The van der Waals surface area contributed by atoms with Crippen molar-refractivity contribution in [1.29, 1.82) is 0 Å². The molecule has 0 atom stereocenters. The number of alkyl halides is 2. The third-order valence-electron chi connectivity index (χ3n) is 2.25. The Balaban J connectivity index is 2.29. The van der Waals surface area contributed by atoms with Gasteiger partial charge in [-0.05, 0) is 28.1 Å². The summed E-state index contributed by atoms with van der Waals surface area (Å²) >= 11 is 3.34. The van der Waals surface area contributed by atoms with Crippen LogP contribution in [0.1, 0.15) is 5.69 Å². The van der Waals surface area contributed by atoms with Gasteiger partial charge in [-0.3, -0.25) is 4.40 Å². The molecule has 0 aromatic carbocycles. The molecule has 0 aliphatic heterocycles. The molecule has 2 rings (SSSR count). The van der Waals surface area contributed by atoms with Crippen molar-refractivity contribution in [2.75, 3.05) is 6.54 Å². The van der Waals surface area contributed by atoms with Crippen LogP contribution in [0.2, 0.25) is 0 Å². The molecule has 0 unspecified atom stereocenters. The molecule has 3 nitrogen and oxygen atoms in total. The normalized spacial score (nSPS) is 11.1. The summed E-state index contributed by atoms with van der Waals surface area (Å²) in [6, 6.07) is 3.69. The third-order valence-corrected chi connectivity index (χ3v) is 2.72. The minimum absolute atomic E-state index is 0.417. The number of hydrogen-bond acceptors (Lipinski definition) is 2. The maximum absolute atomic E-state index is 12.1. The minimum Gasteiger partial charge on any atom is -0.378 e. The summed E-state index contributed by atoms with van der Waals surface area (Å²) in [6.07, 6.45) is 1.01. The number of nitrogens with one attached hydrogen (secondary N) is 1. The Morgan fingerprint density at radius 1 is 1.53 bits per heavy atom. The second kappa shape index (κ2) is 4.83. The predicted octanol–water partition coefficient (Wildman–Crippen LogP) is 2.92. The number of nitrogens with zero attached hydrogens (tertiary/aromatic N) is 2. The fourth-order valence-corrected chi connectivity index (χ4v) is 1.81. The topological polar surface area (TPSA) is 29.3 Å². The van der Waals surface area contributed by atoms with E-state index in [0.717, 1.165) is 10.1 Å². The quantitative estimate of drug-likeness (QED) is 0.941. The van der Waals surface area contributed by atoms with Crippen LogP contribution in [-0.4, -0.2) is 22.4 Å². The minimum atomic E-state index is -2.40. The van der Waals surface area contributed by atoms with Crippen molar-refractivity contribution >= 4 is 27.3 Å². The van der Waals surface area contributed by atoms with E-state index in [-0.39, 0.29) is 0 Å². The van der Waals surface area contributed by atoms with Crippen LogP contribution in [0.15, 0.2) is 35.6 Å². The summed E-state index contributed by atoms with van der Waals surface area (Å²) in [6.45, 7) is 3.31. The molecule has 0 amide bonds. The van der Waals surface area contributed by atoms with Gasteiger partial charge in [0.1, 0.15) is 5.65 Å². The van der Waals surface area contributed by atoms with Crippen LogP contribution in [0.25, 0.3) is 11.3 Å². The first-order chi connectivity index (χ1) is 8.08. The number of halogens is 3. The van der Waals surface area contributed by atoms with E-state index in [4.69, 9.17) is 0 Å². The Hall–Kier alpha value is -1.43. The van der Waals surface area contributed by atoms with Crippen molar-refractivity contribution in [3.63, 3.8) is 0 Å². The van der Waals surface area contributed by atoms with Crippen LogP contribution in [0, 0.1) is 0 Å². The fourth-order valence-electron chi connectivity index (χ4n) is 1.47. The molecule has 2 aromatic rings. The number of rotatable bonds is 4. The van der Waals surface area contributed by atoms with Gasteiger partial charge in [0.15, 0.2) is 0 Å². The molecular weight excluding hydrogens is 292 g/mol. The molecular formula is C11H10BrF2N3. The molecule has 0 saturated carbocycles. The van der Waals surface area contributed by atoms with Gasteiger partial charge in [-0.2, -0.15) is 0 Å². The van der Waals surface area contributed by atoms with Gasteiger partial charge in [-0.15, -0.1) is 0 Å². The summed E-state index contributed by atoms with van der Waals surface area (Å²) in [5.74, 6) is 0. The zero-order chi connectivity index (χ0) is 12.4. The highest BCUT2D eigenvalue weighted by molar-refractivity contribution is 9.10. The molecule has 0 radical (unpaired) electrons. The summed E-state index contributed by atoms with van der Waals surface area (Å²) in [5, 5.41) is 2.58. The Kier molecular flexibility index (Phi) is 3.42. The lowest BCUT2D eigenvalue weighted by Crippen LogP contribution is -2.19. The van der Waals surface area contributed by atoms with E-state index >= 15 is 0 Å². The van der Waals surface area contributed by atoms with E-state index in [1.165, 1.54) is 0 Å². The van der Waals surface area contributed by atoms with Gasteiger partial charge in [0.2, 0.25) is 0 Å². The SMILES string of the molecule is C=C(NCC(F)F)c1cnc2ccc(Br)cn12. The zero-order valence-electron chi connectivity index (χ0n) is 8.83. The molecule has 0 bridgehead atoms. The van der Waals surface area contributed by atoms with Crippen molar-refractivity contribution in [3.8, 4) is 0 Å². The van der Waals surface area contributed by atoms with Crippen molar-refractivity contribution in [1.82, 2.24) is 14.7 Å². The summed E-state index contributed by atoms with van der Waals surface area (Å²) in [4.78, 5) is 4.16. The first kappa shape index (κ1) is 12.0. The molecule has 0 fully saturated rings. The van der Waals surface area contributed by atoms with Crippen molar-refractivity contribution in [3.05, 3.63) is 41.3 Å². The van der Waals surface area contributed by atoms with Gasteiger partial charge in [0.05, 0.1) is 24.1 Å². The summed E-state index contributed by atoms with van der Waals surface area (Å²) < 4.78 is 26.8. The lowest BCUT2D eigenvalue weighted by molar-refractivity contribution is 0.151. The Labute approximate surface area is 105 Å². The maximum Gasteiger partial charge on any atom is 0.255 e. The van der Waals surface area contributed by atoms with Crippen LogP contribution < -0.4 is 5.32 Å². The van der Waals surface area contributed by atoms with Gasteiger partial charge in [-0.1, -0.05) is 6.58 Å².